The molecule has 7 heteroatoms. The number of fused-ring (bicyclic) bond motifs is 2. The van der Waals surface area contributed by atoms with Crippen LogP contribution in [0.15, 0.2) is 60.7 Å². The van der Waals surface area contributed by atoms with Crippen molar-refractivity contribution < 1.29 is 14.3 Å². The molecule has 174 valence electrons. The summed E-state index contributed by atoms with van der Waals surface area (Å²) in [6.45, 7) is 6.48. The van der Waals surface area contributed by atoms with E-state index in [1.807, 2.05) is 42.2 Å². The van der Waals surface area contributed by atoms with Gasteiger partial charge in [-0.25, -0.2) is 0 Å². The van der Waals surface area contributed by atoms with Crippen molar-refractivity contribution in [1.82, 2.24) is 0 Å². The van der Waals surface area contributed by atoms with E-state index >= 15 is 0 Å². The summed E-state index contributed by atoms with van der Waals surface area (Å²) in [6, 6.07) is 20.4. The second-order valence-electron chi connectivity index (χ2n) is 8.79. The SMILES string of the molecule is CCOc1ccc(C2Nc3ccc(N4Cc5cc(N6CCOCC6)ccc5C4=O)cc3N2)cc1. The van der Waals surface area contributed by atoms with Crippen molar-refractivity contribution in [2.24, 2.45) is 0 Å². The van der Waals surface area contributed by atoms with Gasteiger partial charge in [0.2, 0.25) is 0 Å². The molecule has 2 N–H and O–H groups in total. The monoisotopic (exact) mass is 456 g/mol. The predicted molar refractivity (Wildman–Crippen MR) is 134 cm³/mol. The third kappa shape index (κ3) is 3.72. The summed E-state index contributed by atoms with van der Waals surface area (Å²) < 4.78 is 11.0. The molecule has 3 aliphatic heterocycles. The minimum atomic E-state index is -0.0246. The normalized spacial score (nSPS) is 18.9. The molecule has 1 fully saturated rings. The van der Waals surface area contributed by atoms with Crippen LogP contribution in [0.1, 0.15) is 34.6 Å². The number of rotatable bonds is 5. The van der Waals surface area contributed by atoms with E-state index in [9.17, 15) is 4.79 Å². The van der Waals surface area contributed by atoms with Gasteiger partial charge in [-0.1, -0.05) is 12.1 Å². The van der Waals surface area contributed by atoms with Gasteiger partial charge in [0.05, 0.1) is 37.7 Å². The van der Waals surface area contributed by atoms with Gasteiger partial charge in [0.25, 0.3) is 5.91 Å². The molecule has 34 heavy (non-hydrogen) atoms. The lowest BCUT2D eigenvalue weighted by atomic mass is 10.1. The Morgan fingerprint density at radius 2 is 1.71 bits per heavy atom. The van der Waals surface area contributed by atoms with Crippen molar-refractivity contribution in [1.29, 1.82) is 0 Å². The van der Waals surface area contributed by atoms with E-state index in [0.717, 1.165) is 71.5 Å². The molecular weight excluding hydrogens is 428 g/mol. The van der Waals surface area contributed by atoms with E-state index in [0.29, 0.717) is 13.2 Å². The number of anilines is 4. The topological polar surface area (TPSA) is 66.1 Å². The zero-order valence-electron chi connectivity index (χ0n) is 19.2. The molecule has 0 bridgehead atoms. The smallest absolute Gasteiger partial charge is 0.258 e. The fraction of sp³-hybridized carbons (Fsp3) is 0.296. The molecule has 7 nitrogen and oxygen atoms in total. The summed E-state index contributed by atoms with van der Waals surface area (Å²) in [7, 11) is 0. The number of carbonyl (C=O) groups excluding carboxylic acids is 1. The molecule has 0 saturated carbocycles. The standard InChI is InChI=1S/C27H28N4O3/c1-2-34-22-7-3-18(4-8-22)26-28-24-10-6-21(16-25(24)29-26)31-17-19-15-20(5-9-23(19)27(31)32)30-11-13-33-14-12-30/h3-10,15-16,26,28-29H,2,11-14,17H2,1H3. The van der Waals surface area contributed by atoms with Crippen LogP contribution in [0.4, 0.5) is 22.7 Å². The van der Waals surface area contributed by atoms with Crippen LogP contribution in [0.3, 0.4) is 0 Å². The first-order valence-electron chi connectivity index (χ1n) is 11.9. The maximum atomic E-state index is 13.2. The van der Waals surface area contributed by atoms with E-state index < -0.39 is 0 Å². The summed E-state index contributed by atoms with van der Waals surface area (Å²) >= 11 is 0. The summed E-state index contributed by atoms with van der Waals surface area (Å²) in [6.07, 6.45) is -0.0246. The highest BCUT2D eigenvalue weighted by Crippen LogP contribution is 2.40. The van der Waals surface area contributed by atoms with E-state index in [-0.39, 0.29) is 12.1 Å². The highest BCUT2D eigenvalue weighted by molar-refractivity contribution is 6.10. The number of benzene rings is 3. The number of amides is 1. The number of ether oxygens (including phenoxy) is 2. The van der Waals surface area contributed by atoms with Gasteiger partial charge in [-0.05, 0) is 66.6 Å². The zero-order chi connectivity index (χ0) is 23.1. The van der Waals surface area contributed by atoms with Crippen molar-refractivity contribution >= 4 is 28.7 Å². The van der Waals surface area contributed by atoms with Crippen LogP contribution < -0.4 is 25.2 Å². The number of morpholine rings is 1. The number of hydrogen-bond donors (Lipinski definition) is 2. The van der Waals surface area contributed by atoms with E-state index in [1.54, 1.807) is 0 Å². The summed E-state index contributed by atoms with van der Waals surface area (Å²) in [5.74, 6) is 0.922. The highest BCUT2D eigenvalue weighted by Gasteiger charge is 2.31. The van der Waals surface area contributed by atoms with E-state index in [1.165, 1.54) is 0 Å². The molecule has 1 amide bonds. The molecule has 6 rings (SSSR count). The molecular formula is C27H28N4O3. The van der Waals surface area contributed by atoms with Crippen molar-refractivity contribution in [2.45, 2.75) is 19.6 Å². The van der Waals surface area contributed by atoms with Crippen molar-refractivity contribution in [3.63, 3.8) is 0 Å². The summed E-state index contributed by atoms with van der Waals surface area (Å²) in [5.41, 5.74) is 7.07. The number of carbonyl (C=O) groups is 1. The van der Waals surface area contributed by atoms with Crippen LogP contribution in [0, 0.1) is 0 Å². The van der Waals surface area contributed by atoms with Crippen molar-refractivity contribution in [3.05, 3.63) is 77.4 Å². The largest absolute Gasteiger partial charge is 0.494 e. The lowest BCUT2D eigenvalue weighted by molar-refractivity contribution is 0.0996. The summed E-state index contributed by atoms with van der Waals surface area (Å²) in [4.78, 5) is 17.4. The van der Waals surface area contributed by atoms with Gasteiger partial charge < -0.3 is 29.9 Å². The molecule has 0 aromatic heterocycles. The minimum Gasteiger partial charge on any atom is -0.494 e. The number of hydrogen-bond acceptors (Lipinski definition) is 6. The molecule has 0 aliphatic carbocycles. The molecule has 3 aromatic carbocycles. The third-order valence-corrected chi connectivity index (χ3v) is 6.71. The average molecular weight is 457 g/mol. The maximum Gasteiger partial charge on any atom is 0.258 e. The quantitative estimate of drug-likeness (QED) is 0.584. The maximum absolute atomic E-state index is 13.2. The Morgan fingerprint density at radius 3 is 2.50 bits per heavy atom. The van der Waals surface area contributed by atoms with Gasteiger partial charge in [-0.2, -0.15) is 0 Å². The molecule has 0 spiro atoms. The Morgan fingerprint density at radius 1 is 0.941 bits per heavy atom. The second kappa shape index (κ2) is 8.57. The molecule has 3 aliphatic rings. The minimum absolute atomic E-state index is 0.0246. The Labute approximate surface area is 199 Å². The van der Waals surface area contributed by atoms with Crippen LogP contribution in [0.2, 0.25) is 0 Å². The van der Waals surface area contributed by atoms with Crippen LogP contribution in [-0.4, -0.2) is 38.8 Å². The Hall–Kier alpha value is -3.71. The zero-order valence-corrected chi connectivity index (χ0v) is 19.2. The fourth-order valence-corrected chi connectivity index (χ4v) is 4.92. The van der Waals surface area contributed by atoms with Gasteiger partial charge in [-0.15, -0.1) is 0 Å². The molecule has 1 saturated heterocycles. The molecule has 0 radical (unpaired) electrons. The number of nitrogens with zero attached hydrogens (tertiary/aromatic N) is 2. The molecule has 3 aromatic rings. The van der Waals surface area contributed by atoms with Crippen LogP contribution in [0.25, 0.3) is 0 Å². The van der Waals surface area contributed by atoms with Gasteiger partial charge in [0, 0.05) is 30.0 Å². The molecule has 1 unspecified atom stereocenters. The fourth-order valence-electron chi connectivity index (χ4n) is 4.92. The first-order chi connectivity index (χ1) is 16.7. The second-order valence-corrected chi connectivity index (χ2v) is 8.79. The Bertz CT molecular complexity index is 1220. The van der Waals surface area contributed by atoms with E-state index in [4.69, 9.17) is 9.47 Å². The van der Waals surface area contributed by atoms with Gasteiger partial charge in [0.15, 0.2) is 0 Å². The van der Waals surface area contributed by atoms with Gasteiger partial charge >= 0.3 is 0 Å². The molecule has 3 heterocycles. The predicted octanol–water partition coefficient (Wildman–Crippen LogP) is 4.62. The third-order valence-electron chi connectivity index (χ3n) is 6.71. The lowest BCUT2D eigenvalue weighted by Crippen LogP contribution is -2.36. The van der Waals surface area contributed by atoms with Crippen LogP contribution in [-0.2, 0) is 11.3 Å². The van der Waals surface area contributed by atoms with Crippen molar-refractivity contribution in [3.8, 4) is 5.75 Å². The van der Waals surface area contributed by atoms with Crippen LogP contribution >= 0.6 is 0 Å². The summed E-state index contributed by atoms with van der Waals surface area (Å²) in [5, 5.41) is 7.07. The van der Waals surface area contributed by atoms with E-state index in [2.05, 4.69) is 45.9 Å². The number of nitrogens with one attached hydrogen (secondary N) is 2. The lowest BCUT2D eigenvalue weighted by Gasteiger charge is -2.29. The highest BCUT2D eigenvalue weighted by atomic mass is 16.5. The first-order valence-corrected chi connectivity index (χ1v) is 11.9. The van der Waals surface area contributed by atoms with Gasteiger partial charge in [0.1, 0.15) is 11.9 Å². The Kier molecular flexibility index (Phi) is 5.26. The van der Waals surface area contributed by atoms with Crippen LogP contribution in [0.5, 0.6) is 5.75 Å². The van der Waals surface area contributed by atoms with Gasteiger partial charge in [-0.3, -0.25) is 4.79 Å². The average Bonchev–Trinajstić information content (AvgIpc) is 3.45. The van der Waals surface area contributed by atoms with Crippen molar-refractivity contribution in [2.75, 3.05) is 53.3 Å². The molecule has 1 atom stereocenters. The first kappa shape index (κ1) is 20.9. The Balaban J connectivity index is 1.19.